The van der Waals surface area contributed by atoms with Gasteiger partial charge in [-0.15, -0.1) is 11.3 Å². The molecule has 2 aromatic rings. The lowest BCUT2D eigenvalue weighted by Crippen LogP contribution is -2.52. The lowest BCUT2D eigenvalue weighted by atomic mass is 10.2. The number of hydrogen-bond acceptors (Lipinski definition) is 5. The van der Waals surface area contributed by atoms with E-state index >= 15 is 0 Å². The third-order valence-electron chi connectivity index (χ3n) is 4.08. The van der Waals surface area contributed by atoms with Crippen molar-refractivity contribution in [3.63, 3.8) is 0 Å². The van der Waals surface area contributed by atoms with E-state index in [1.54, 1.807) is 29.7 Å². The predicted molar refractivity (Wildman–Crippen MR) is 94.0 cm³/mol. The van der Waals surface area contributed by atoms with Crippen molar-refractivity contribution in [3.05, 3.63) is 46.3 Å². The topological polar surface area (TPSA) is 72.3 Å². The molecule has 6 nitrogen and oxygen atoms in total. The lowest BCUT2D eigenvalue weighted by Gasteiger charge is -2.35. The summed E-state index contributed by atoms with van der Waals surface area (Å²) in [7, 11) is 0. The van der Waals surface area contributed by atoms with E-state index in [2.05, 4.69) is 21.3 Å². The number of nitriles is 1. The summed E-state index contributed by atoms with van der Waals surface area (Å²) in [6.07, 6.45) is 1.65. The second-order valence-electron chi connectivity index (χ2n) is 5.68. The quantitative estimate of drug-likeness (QED) is 0.931. The molecule has 1 fully saturated rings. The Morgan fingerprint density at radius 3 is 2.83 bits per heavy atom. The van der Waals surface area contributed by atoms with Gasteiger partial charge in [-0.3, -0.25) is 0 Å². The molecule has 0 radical (unpaired) electrons. The Morgan fingerprint density at radius 1 is 1.38 bits per heavy atom. The molecule has 1 atom stereocenters. The highest BCUT2D eigenvalue weighted by Crippen LogP contribution is 2.19. The van der Waals surface area contributed by atoms with Crippen LogP contribution in [0.25, 0.3) is 0 Å². The van der Waals surface area contributed by atoms with Crippen molar-refractivity contribution in [2.45, 2.75) is 13.0 Å². The van der Waals surface area contributed by atoms with Crippen molar-refractivity contribution >= 4 is 23.2 Å². The summed E-state index contributed by atoms with van der Waals surface area (Å²) in [6, 6.07) is 9.61. The predicted octanol–water partition coefficient (Wildman–Crippen LogP) is 2.61. The summed E-state index contributed by atoms with van der Waals surface area (Å²) in [4.78, 5) is 21.8. The average molecular weight is 341 g/mol. The van der Waals surface area contributed by atoms with Crippen LogP contribution in [0.3, 0.4) is 0 Å². The Morgan fingerprint density at radius 2 is 2.17 bits per heavy atom. The van der Waals surface area contributed by atoms with E-state index in [0.717, 1.165) is 10.7 Å². The standard InChI is InChI=1S/C17H19N5OS/c1-13(15-3-2-10-24-15)20-17(23)22-8-6-21(7-9-22)16-11-14(12-18)4-5-19-16/h2-5,10-11,13H,6-9H2,1H3,(H,20,23). The fourth-order valence-electron chi connectivity index (χ4n) is 2.68. The number of rotatable bonds is 3. The lowest BCUT2D eigenvalue weighted by molar-refractivity contribution is 0.191. The van der Waals surface area contributed by atoms with Gasteiger partial charge in [-0.05, 0) is 30.5 Å². The third-order valence-corrected chi connectivity index (χ3v) is 5.13. The van der Waals surface area contributed by atoms with Gasteiger partial charge in [0.2, 0.25) is 0 Å². The van der Waals surface area contributed by atoms with Crippen molar-refractivity contribution in [1.82, 2.24) is 15.2 Å². The maximum absolute atomic E-state index is 12.4. The molecule has 1 saturated heterocycles. The second kappa shape index (κ2) is 7.32. The maximum Gasteiger partial charge on any atom is 0.318 e. The van der Waals surface area contributed by atoms with Crippen LogP contribution in [0.2, 0.25) is 0 Å². The molecule has 7 heteroatoms. The fraction of sp³-hybridized carbons (Fsp3) is 0.353. The number of hydrogen-bond donors (Lipinski definition) is 1. The Labute approximate surface area is 145 Å². The summed E-state index contributed by atoms with van der Waals surface area (Å²) >= 11 is 1.64. The van der Waals surface area contributed by atoms with Gasteiger partial charge in [0, 0.05) is 37.3 Å². The molecule has 2 amide bonds. The molecule has 1 N–H and O–H groups in total. The first kappa shape index (κ1) is 16.3. The molecule has 3 heterocycles. The minimum absolute atomic E-state index is 0.0181. The number of carbonyl (C=O) groups excluding carboxylic acids is 1. The van der Waals surface area contributed by atoms with Gasteiger partial charge in [-0.1, -0.05) is 6.07 Å². The number of nitrogens with one attached hydrogen (secondary N) is 1. The van der Waals surface area contributed by atoms with Gasteiger partial charge in [-0.25, -0.2) is 9.78 Å². The van der Waals surface area contributed by atoms with Gasteiger partial charge in [0.05, 0.1) is 17.7 Å². The second-order valence-corrected chi connectivity index (χ2v) is 6.65. The third kappa shape index (κ3) is 3.66. The van der Waals surface area contributed by atoms with Crippen molar-refractivity contribution in [2.24, 2.45) is 0 Å². The maximum atomic E-state index is 12.4. The van der Waals surface area contributed by atoms with Crippen LogP contribution in [0.1, 0.15) is 23.4 Å². The van der Waals surface area contributed by atoms with Crippen LogP contribution in [0.5, 0.6) is 0 Å². The number of aromatic nitrogens is 1. The number of piperazine rings is 1. The Balaban J connectivity index is 1.54. The summed E-state index contributed by atoms with van der Waals surface area (Å²) in [5.74, 6) is 0.793. The highest BCUT2D eigenvalue weighted by Gasteiger charge is 2.23. The summed E-state index contributed by atoms with van der Waals surface area (Å²) in [5.41, 5.74) is 0.602. The van der Waals surface area contributed by atoms with Crippen LogP contribution in [-0.2, 0) is 0 Å². The highest BCUT2D eigenvalue weighted by atomic mass is 32.1. The van der Waals surface area contributed by atoms with E-state index in [0.29, 0.717) is 31.7 Å². The number of amides is 2. The van der Waals surface area contributed by atoms with Gasteiger partial charge in [-0.2, -0.15) is 5.26 Å². The van der Waals surface area contributed by atoms with Gasteiger partial charge < -0.3 is 15.1 Å². The molecule has 1 aliphatic rings. The fourth-order valence-corrected chi connectivity index (χ4v) is 3.42. The molecule has 0 aromatic carbocycles. The molecule has 0 spiro atoms. The largest absolute Gasteiger partial charge is 0.353 e. The normalized spacial score (nSPS) is 15.7. The zero-order chi connectivity index (χ0) is 16.9. The number of nitrogens with zero attached hydrogens (tertiary/aromatic N) is 4. The van der Waals surface area contributed by atoms with Crippen LogP contribution in [0.4, 0.5) is 10.6 Å². The molecule has 1 unspecified atom stereocenters. The summed E-state index contributed by atoms with van der Waals surface area (Å²) < 4.78 is 0. The van der Waals surface area contributed by atoms with Crippen LogP contribution >= 0.6 is 11.3 Å². The molecular weight excluding hydrogens is 322 g/mol. The first-order chi connectivity index (χ1) is 11.7. The van der Waals surface area contributed by atoms with Gasteiger partial charge >= 0.3 is 6.03 Å². The van der Waals surface area contributed by atoms with Crippen LogP contribution in [0, 0.1) is 11.3 Å². The monoisotopic (exact) mass is 341 g/mol. The van der Waals surface area contributed by atoms with Gasteiger partial charge in [0.25, 0.3) is 0 Å². The van der Waals surface area contributed by atoms with E-state index in [1.807, 2.05) is 29.3 Å². The molecule has 0 bridgehead atoms. The van der Waals surface area contributed by atoms with Crippen molar-refractivity contribution in [1.29, 1.82) is 5.26 Å². The molecule has 2 aromatic heterocycles. The zero-order valence-electron chi connectivity index (χ0n) is 13.5. The highest BCUT2D eigenvalue weighted by molar-refractivity contribution is 7.10. The van der Waals surface area contributed by atoms with E-state index < -0.39 is 0 Å². The van der Waals surface area contributed by atoms with Crippen molar-refractivity contribution in [2.75, 3.05) is 31.1 Å². The van der Waals surface area contributed by atoms with Crippen molar-refractivity contribution in [3.8, 4) is 6.07 Å². The molecule has 0 saturated carbocycles. The molecule has 3 rings (SSSR count). The van der Waals surface area contributed by atoms with E-state index in [1.165, 1.54) is 0 Å². The molecule has 124 valence electrons. The minimum atomic E-state index is -0.0331. The number of urea groups is 1. The number of carbonyl (C=O) groups is 1. The Hall–Kier alpha value is -2.59. The smallest absolute Gasteiger partial charge is 0.318 e. The zero-order valence-corrected chi connectivity index (χ0v) is 14.3. The summed E-state index contributed by atoms with van der Waals surface area (Å²) in [5, 5.41) is 14.0. The first-order valence-electron chi connectivity index (χ1n) is 7.87. The van der Waals surface area contributed by atoms with Gasteiger partial charge in [0.1, 0.15) is 5.82 Å². The Bertz CT molecular complexity index is 732. The van der Waals surface area contributed by atoms with Crippen LogP contribution < -0.4 is 10.2 Å². The van der Waals surface area contributed by atoms with E-state index in [-0.39, 0.29) is 12.1 Å². The number of thiophene rings is 1. The molecule has 1 aliphatic heterocycles. The number of pyridine rings is 1. The Kier molecular flexibility index (Phi) is 4.96. The van der Waals surface area contributed by atoms with E-state index in [4.69, 9.17) is 5.26 Å². The molecule has 0 aliphatic carbocycles. The molecule has 24 heavy (non-hydrogen) atoms. The van der Waals surface area contributed by atoms with Gasteiger partial charge in [0.15, 0.2) is 0 Å². The first-order valence-corrected chi connectivity index (χ1v) is 8.75. The SMILES string of the molecule is CC(NC(=O)N1CCN(c2cc(C#N)ccn2)CC1)c1cccs1. The average Bonchev–Trinajstić information content (AvgIpc) is 3.16. The number of anilines is 1. The summed E-state index contributed by atoms with van der Waals surface area (Å²) in [6.45, 7) is 4.70. The minimum Gasteiger partial charge on any atom is -0.353 e. The molecular formula is C17H19N5OS. The van der Waals surface area contributed by atoms with E-state index in [9.17, 15) is 4.79 Å². The van der Waals surface area contributed by atoms with Crippen LogP contribution in [0.15, 0.2) is 35.8 Å². The van der Waals surface area contributed by atoms with Crippen molar-refractivity contribution < 1.29 is 4.79 Å². The van der Waals surface area contributed by atoms with Crippen LogP contribution in [-0.4, -0.2) is 42.1 Å².